The van der Waals surface area contributed by atoms with Crippen LogP contribution in [0.1, 0.15) is 30.1 Å². The smallest absolute Gasteiger partial charge is 0.234 e. The third kappa shape index (κ3) is 2.83. The Morgan fingerprint density at radius 1 is 1.25 bits per heavy atom. The standard InChI is InChI=1S/C23H19N5O3S/c1-11-19(26-10-29)15(6-12(8-24)27-11)14-4-5-25-16-7-13(32-20(14)16)9-28-21(30)17-18(22(28)31)23(17,2)3/h4-7,10,17-18H,9H2,1-3H3,(H,26,29). The molecule has 3 aromatic rings. The number of nitrogens with one attached hydrogen (secondary N) is 1. The van der Waals surface area contributed by atoms with Crippen LogP contribution in [-0.4, -0.2) is 33.1 Å². The maximum Gasteiger partial charge on any atom is 0.234 e. The number of aromatic nitrogens is 2. The third-order valence-corrected chi connectivity index (χ3v) is 7.62. The van der Waals surface area contributed by atoms with Gasteiger partial charge in [0, 0.05) is 22.2 Å². The number of thiophene rings is 1. The summed E-state index contributed by atoms with van der Waals surface area (Å²) in [6.45, 7) is 5.87. The van der Waals surface area contributed by atoms with Gasteiger partial charge in [-0.2, -0.15) is 5.26 Å². The van der Waals surface area contributed by atoms with Crippen molar-refractivity contribution in [1.82, 2.24) is 14.9 Å². The topological polar surface area (TPSA) is 116 Å². The number of anilines is 1. The van der Waals surface area contributed by atoms with Crippen molar-refractivity contribution in [3.8, 4) is 17.2 Å². The van der Waals surface area contributed by atoms with E-state index in [1.807, 2.05) is 26.0 Å². The van der Waals surface area contributed by atoms with Crippen LogP contribution >= 0.6 is 11.3 Å². The van der Waals surface area contributed by atoms with E-state index >= 15 is 0 Å². The van der Waals surface area contributed by atoms with E-state index in [4.69, 9.17) is 0 Å². The van der Waals surface area contributed by atoms with Gasteiger partial charge in [-0.3, -0.25) is 24.3 Å². The van der Waals surface area contributed by atoms with E-state index < -0.39 is 0 Å². The van der Waals surface area contributed by atoms with E-state index in [0.29, 0.717) is 23.4 Å². The van der Waals surface area contributed by atoms with E-state index in [-0.39, 0.29) is 41.3 Å². The zero-order chi connectivity index (χ0) is 22.8. The number of pyridine rings is 2. The summed E-state index contributed by atoms with van der Waals surface area (Å²) in [7, 11) is 0. The summed E-state index contributed by atoms with van der Waals surface area (Å²) in [4.78, 5) is 47.5. The van der Waals surface area contributed by atoms with Gasteiger partial charge in [0.25, 0.3) is 0 Å². The highest BCUT2D eigenvalue weighted by Gasteiger charge is 2.72. The van der Waals surface area contributed by atoms with Crippen molar-refractivity contribution in [1.29, 1.82) is 5.26 Å². The first-order valence-corrected chi connectivity index (χ1v) is 10.9. The van der Waals surface area contributed by atoms with Crippen molar-refractivity contribution in [3.63, 3.8) is 0 Å². The summed E-state index contributed by atoms with van der Waals surface area (Å²) in [5.41, 5.74) is 3.23. The molecule has 3 aromatic heterocycles. The van der Waals surface area contributed by atoms with E-state index in [1.165, 1.54) is 16.2 Å². The number of likely N-dealkylation sites (tertiary alicyclic amines) is 1. The molecule has 160 valence electrons. The van der Waals surface area contributed by atoms with Crippen LogP contribution in [0, 0.1) is 35.5 Å². The van der Waals surface area contributed by atoms with Gasteiger partial charge in [-0.05, 0) is 30.5 Å². The van der Waals surface area contributed by atoms with Crippen LogP contribution in [0.3, 0.4) is 0 Å². The predicted octanol–water partition coefficient (Wildman–Crippen LogP) is 3.25. The van der Waals surface area contributed by atoms with Crippen molar-refractivity contribution in [2.75, 3.05) is 5.32 Å². The number of amides is 3. The Labute approximate surface area is 187 Å². The highest BCUT2D eigenvalue weighted by molar-refractivity contribution is 7.19. The summed E-state index contributed by atoms with van der Waals surface area (Å²) in [5.74, 6) is -0.619. The lowest BCUT2D eigenvalue weighted by atomic mass is 10.0. The van der Waals surface area contributed by atoms with Crippen LogP contribution in [0.25, 0.3) is 21.3 Å². The van der Waals surface area contributed by atoms with Crippen molar-refractivity contribution in [2.45, 2.75) is 27.3 Å². The summed E-state index contributed by atoms with van der Waals surface area (Å²) in [6.07, 6.45) is 2.24. The molecule has 0 spiro atoms. The number of nitrogens with zero attached hydrogens (tertiary/aromatic N) is 4. The molecule has 2 unspecified atom stereocenters. The van der Waals surface area contributed by atoms with Crippen molar-refractivity contribution in [3.05, 3.63) is 40.7 Å². The minimum atomic E-state index is -0.237. The highest BCUT2D eigenvalue weighted by Crippen LogP contribution is 2.63. The number of fused-ring (bicyclic) bond motifs is 2. The second-order valence-corrected chi connectivity index (χ2v) is 9.85. The van der Waals surface area contributed by atoms with E-state index in [1.54, 1.807) is 19.2 Å². The van der Waals surface area contributed by atoms with Crippen LogP contribution in [0.15, 0.2) is 24.4 Å². The molecule has 0 radical (unpaired) electrons. The molecule has 32 heavy (non-hydrogen) atoms. The minimum Gasteiger partial charge on any atom is -0.327 e. The predicted molar refractivity (Wildman–Crippen MR) is 118 cm³/mol. The maximum absolute atomic E-state index is 12.7. The zero-order valence-corrected chi connectivity index (χ0v) is 18.5. The quantitative estimate of drug-likeness (QED) is 0.476. The normalized spacial score (nSPS) is 20.9. The number of hydrogen-bond donors (Lipinski definition) is 1. The molecule has 5 rings (SSSR count). The number of aryl methyl sites for hydroxylation is 1. The summed E-state index contributed by atoms with van der Waals surface area (Å²) in [5, 5.41) is 12.0. The number of carbonyl (C=O) groups excluding carboxylic acids is 3. The Kier molecular flexibility index (Phi) is 4.39. The summed E-state index contributed by atoms with van der Waals surface area (Å²) < 4.78 is 0.843. The summed E-state index contributed by atoms with van der Waals surface area (Å²) >= 11 is 1.44. The Balaban J connectivity index is 1.55. The molecule has 2 atom stereocenters. The van der Waals surface area contributed by atoms with E-state index in [2.05, 4.69) is 21.4 Å². The second-order valence-electron chi connectivity index (χ2n) is 8.71. The molecular weight excluding hydrogens is 426 g/mol. The molecule has 3 amide bonds. The van der Waals surface area contributed by atoms with Gasteiger partial charge in [0.1, 0.15) is 11.8 Å². The Morgan fingerprint density at radius 3 is 2.62 bits per heavy atom. The molecule has 0 aromatic carbocycles. The number of carbonyl (C=O) groups is 3. The van der Waals surface area contributed by atoms with E-state index in [0.717, 1.165) is 20.7 Å². The largest absolute Gasteiger partial charge is 0.327 e. The van der Waals surface area contributed by atoms with Gasteiger partial charge >= 0.3 is 0 Å². The molecule has 4 heterocycles. The van der Waals surface area contributed by atoms with Crippen LogP contribution in [0.2, 0.25) is 0 Å². The first-order chi connectivity index (χ1) is 15.3. The molecule has 1 aliphatic heterocycles. The van der Waals surface area contributed by atoms with Crippen LogP contribution in [-0.2, 0) is 20.9 Å². The lowest BCUT2D eigenvalue weighted by Crippen LogP contribution is -2.35. The second kappa shape index (κ2) is 6.93. The SMILES string of the molecule is Cc1nc(C#N)cc(-c2ccnc3cc(CN4C(=O)C5C(C4=O)C5(C)C)sc23)c1NC=O. The lowest BCUT2D eigenvalue weighted by molar-refractivity contribution is -0.143. The first kappa shape index (κ1) is 20.3. The molecule has 0 bridgehead atoms. The van der Waals surface area contributed by atoms with Gasteiger partial charge in [0.05, 0.1) is 40.0 Å². The molecule has 1 saturated heterocycles. The monoisotopic (exact) mass is 445 g/mol. The number of imide groups is 1. The minimum absolute atomic E-state index is 0.100. The first-order valence-electron chi connectivity index (χ1n) is 10.1. The molecule has 9 heteroatoms. The van der Waals surface area contributed by atoms with Gasteiger partial charge < -0.3 is 5.32 Å². The summed E-state index contributed by atoms with van der Waals surface area (Å²) in [6, 6.07) is 7.39. The lowest BCUT2D eigenvalue weighted by Gasteiger charge is -2.19. The van der Waals surface area contributed by atoms with Gasteiger partial charge in [-0.25, -0.2) is 4.98 Å². The van der Waals surface area contributed by atoms with Crippen LogP contribution in [0.5, 0.6) is 0 Å². The van der Waals surface area contributed by atoms with Crippen molar-refractivity contribution < 1.29 is 14.4 Å². The van der Waals surface area contributed by atoms with Crippen LogP contribution < -0.4 is 5.32 Å². The van der Waals surface area contributed by atoms with Gasteiger partial charge in [-0.15, -0.1) is 11.3 Å². The third-order valence-electron chi connectivity index (χ3n) is 6.48. The Hall–Kier alpha value is -3.64. The Bertz CT molecular complexity index is 1350. The fourth-order valence-corrected chi connectivity index (χ4v) is 5.91. The average Bonchev–Trinajstić information content (AvgIpc) is 3.02. The van der Waals surface area contributed by atoms with Gasteiger partial charge in [0.2, 0.25) is 18.2 Å². The zero-order valence-electron chi connectivity index (χ0n) is 17.7. The highest BCUT2D eigenvalue weighted by atomic mass is 32.1. The molecule has 2 aliphatic rings. The number of piperidine rings is 1. The molecule has 8 nitrogen and oxygen atoms in total. The van der Waals surface area contributed by atoms with Gasteiger partial charge in [-0.1, -0.05) is 13.8 Å². The number of hydrogen-bond acceptors (Lipinski definition) is 7. The molecule has 1 N–H and O–H groups in total. The fraction of sp³-hybridized carbons (Fsp3) is 0.304. The molecular formula is C23H19N5O3S. The molecule has 2 fully saturated rings. The van der Waals surface area contributed by atoms with Gasteiger partial charge in [0.15, 0.2) is 0 Å². The average molecular weight is 446 g/mol. The number of nitriles is 1. The molecule has 1 saturated carbocycles. The Morgan fingerprint density at radius 2 is 1.97 bits per heavy atom. The van der Waals surface area contributed by atoms with Crippen molar-refractivity contribution in [2.24, 2.45) is 17.3 Å². The van der Waals surface area contributed by atoms with Crippen molar-refractivity contribution >= 4 is 45.5 Å². The van der Waals surface area contributed by atoms with E-state index in [9.17, 15) is 19.6 Å². The fourth-order valence-electron chi connectivity index (χ4n) is 4.78. The number of rotatable bonds is 5. The van der Waals surface area contributed by atoms with Crippen LogP contribution in [0.4, 0.5) is 5.69 Å². The molecule has 1 aliphatic carbocycles. The maximum atomic E-state index is 12.7.